The number of ether oxygens (including phenoxy) is 2. The van der Waals surface area contributed by atoms with Crippen LogP contribution in [0.15, 0.2) is 24.3 Å². The van der Waals surface area contributed by atoms with E-state index in [1.54, 1.807) is 31.4 Å². The minimum Gasteiger partial charge on any atom is -0.497 e. The Morgan fingerprint density at radius 3 is 2.53 bits per heavy atom. The van der Waals surface area contributed by atoms with Gasteiger partial charge >= 0.3 is 0 Å². The molecule has 0 aliphatic carbocycles. The molecule has 1 aromatic rings. The first kappa shape index (κ1) is 13.6. The van der Waals surface area contributed by atoms with Gasteiger partial charge in [0.1, 0.15) is 11.7 Å². The number of carbonyl (C=O) groups excluding carboxylic acids is 1. The molecule has 0 amide bonds. The van der Waals surface area contributed by atoms with E-state index in [1.807, 2.05) is 0 Å². The highest BCUT2D eigenvalue weighted by molar-refractivity contribution is 5.90. The van der Waals surface area contributed by atoms with E-state index in [0.717, 1.165) is 11.3 Å². The van der Waals surface area contributed by atoms with Gasteiger partial charge in [0.15, 0.2) is 5.78 Å². The fourth-order valence-electron chi connectivity index (χ4n) is 2.32. The van der Waals surface area contributed by atoms with Crippen LogP contribution in [0.3, 0.4) is 0 Å². The number of hydrogen-bond acceptors (Lipinski definition) is 4. The first-order chi connectivity index (χ1) is 9.26. The van der Waals surface area contributed by atoms with Gasteiger partial charge in [0.25, 0.3) is 0 Å². The lowest BCUT2D eigenvalue weighted by Gasteiger charge is -2.22. The molecule has 100 valence electrons. The highest BCUT2D eigenvalue weighted by Crippen LogP contribution is 2.26. The van der Waals surface area contributed by atoms with Crippen LogP contribution in [-0.4, -0.2) is 26.1 Å². The Hall–Kier alpha value is -1.86. The van der Waals surface area contributed by atoms with E-state index in [0.29, 0.717) is 26.1 Å². The Balaban J connectivity index is 2.14. The highest BCUT2D eigenvalue weighted by Gasteiger charge is 2.29. The summed E-state index contributed by atoms with van der Waals surface area (Å²) in [6, 6.07) is 9.23. The topological polar surface area (TPSA) is 59.3 Å². The maximum atomic E-state index is 12.4. The molecule has 0 bridgehead atoms. The molecule has 1 unspecified atom stereocenters. The summed E-state index contributed by atoms with van der Waals surface area (Å²) >= 11 is 0. The van der Waals surface area contributed by atoms with Crippen molar-refractivity contribution in [2.75, 3.05) is 20.3 Å². The standard InChI is InChI=1S/C15H17NO3/c1-18-13-4-2-11(3-5-13)14(10-16)15(17)12-6-8-19-9-7-12/h2-5,12,14H,6-9H2,1H3. The number of nitrogens with zero attached hydrogens (tertiary/aromatic N) is 1. The van der Waals surface area contributed by atoms with Crippen LogP contribution in [0.5, 0.6) is 5.75 Å². The maximum Gasteiger partial charge on any atom is 0.157 e. The molecule has 1 fully saturated rings. The predicted octanol–water partition coefficient (Wildman–Crippen LogP) is 2.30. The van der Waals surface area contributed by atoms with Gasteiger partial charge in [-0.15, -0.1) is 0 Å². The monoisotopic (exact) mass is 259 g/mol. The minimum absolute atomic E-state index is 0.0102. The highest BCUT2D eigenvalue weighted by atomic mass is 16.5. The lowest BCUT2D eigenvalue weighted by molar-refractivity contribution is -0.126. The molecule has 0 saturated carbocycles. The summed E-state index contributed by atoms with van der Waals surface area (Å²) < 4.78 is 10.3. The van der Waals surface area contributed by atoms with Crippen LogP contribution in [0.1, 0.15) is 24.3 Å². The lowest BCUT2D eigenvalue weighted by Crippen LogP contribution is -2.27. The molecule has 4 heteroatoms. The molecule has 4 nitrogen and oxygen atoms in total. The number of Topliss-reactive ketones (excluding diaryl/α,β-unsaturated/α-hetero) is 1. The molecule has 19 heavy (non-hydrogen) atoms. The van der Waals surface area contributed by atoms with Crippen molar-refractivity contribution in [2.45, 2.75) is 18.8 Å². The van der Waals surface area contributed by atoms with Crippen molar-refractivity contribution in [3.05, 3.63) is 29.8 Å². The summed E-state index contributed by atoms with van der Waals surface area (Å²) in [5.41, 5.74) is 0.736. The number of methoxy groups -OCH3 is 1. The van der Waals surface area contributed by atoms with E-state index in [4.69, 9.17) is 9.47 Å². The van der Waals surface area contributed by atoms with Gasteiger partial charge in [-0.1, -0.05) is 12.1 Å². The zero-order chi connectivity index (χ0) is 13.7. The first-order valence-corrected chi connectivity index (χ1v) is 6.41. The van der Waals surface area contributed by atoms with E-state index >= 15 is 0 Å². The molecular formula is C15H17NO3. The molecule has 0 aromatic heterocycles. The predicted molar refractivity (Wildman–Crippen MR) is 69.9 cm³/mol. The van der Waals surface area contributed by atoms with Crippen molar-refractivity contribution in [3.63, 3.8) is 0 Å². The summed E-state index contributed by atoms with van der Waals surface area (Å²) in [5, 5.41) is 9.27. The summed E-state index contributed by atoms with van der Waals surface area (Å²) in [5.74, 6) is -0.00979. The molecule has 1 heterocycles. The van der Waals surface area contributed by atoms with Crippen LogP contribution in [0.2, 0.25) is 0 Å². The fourth-order valence-corrected chi connectivity index (χ4v) is 2.32. The van der Waals surface area contributed by atoms with E-state index < -0.39 is 5.92 Å². The zero-order valence-corrected chi connectivity index (χ0v) is 11.0. The summed E-state index contributed by atoms with van der Waals surface area (Å²) in [6.45, 7) is 1.22. The molecule has 1 atom stereocenters. The quantitative estimate of drug-likeness (QED) is 0.832. The van der Waals surface area contributed by atoms with Crippen LogP contribution >= 0.6 is 0 Å². The average Bonchev–Trinajstić information content (AvgIpc) is 2.49. The van der Waals surface area contributed by atoms with E-state index in [9.17, 15) is 10.1 Å². The zero-order valence-electron chi connectivity index (χ0n) is 11.0. The second-order valence-electron chi connectivity index (χ2n) is 4.62. The van der Waals surface area contributed by atoms with Gasteiger partial charge in [0.05, 0.1) is 13.2 Å². The van der Waals surface area contributed by atoms with Gasteiger partial charge in [-0.25, -0.2) is 0 Å². The normalized spacial score (nSPS) is 17.5. The molecule has 1 aromatic carbocycles. The van der Waals surface area contributed by atoms with Gasteiger partial charge in [0, 0.05) is 19.1 Å². The van der Waals surface area contributed by atoms with Gasteiger partial charge in [-0.05, 0) is 30.5 Å². The van der Waals surface area contributed by atoms with Gasteiger partial charge in [-0.2, -0.15) is 5.26 Å². The Morgan fingerprint density at radius 1 is 1.37 bits per heavy atom. The first-order valence-electron chi connectivity index (χ1n) is 6.41. The third kappa shape index (κ3) is 3.12. The van der Waals surface area contributed by atoms with Crippen molar-refractivity contribution < 1.29 is 14.3 Å². The molecular weight excluding hydrogens is 242 g/mol. The van der Waals surface area contributed by atoms with Crippen LogP contribution in [0.4, 0.5) is 0 Å². The van der Waals surface area contributed by atoms with Crippen LogP contribution in [-0.2, 0) is 9.53 Å². The van der Waals surface area contributed by atoms with Crippen LogP contribution in [0.25, 0.3) is 0 Å². The van der Waals surface area contributed by atoms with Crippen LogP contribution < -0.4 is 4.74 Å². The fraction of sp³-hybridized carbons (Fsp3) is 0.467. The van der Waals surface area contributed by atoms with Gasteiger partial charge < -0.3 is 9.47 Å². The van der Waals surface area contributed by atoms with Crippen molar-refractivity contribution in [3.8, 4) is 11.8 Å². The average molecular weight is 259 g/mol. The minimum atomic E-state index is -0.686. The lowest BCUT2D eigenvalue weighted by atomic mass is 9.84. The van der Waals surface area contributed by atoms with E-state index in [-0.39, 0.29) is 11.7 Å². The van der Waals surface area contributed by atoms with Gasteiger partial charge in [-0.3, -0.25) is 4.79 Å². The third-order valence-electron chi connectivity index (χ3n) is 3.49. The summed E-state index contributed by atoms with van der Waals surface area (Å²) in [6.07, 6.45) is 1.43. The smallest absolute Gasteiger partial charge is 0.157 e. The SMILES string of the molecule is COc1ccc(C(C#N)C(=O)C2CCOCC2)cc1. The molecule has 1 aliphatic heterocycles. The number of benzene rings is 1. The van der Waals surface area contributed by atoms with Crippen molar-refractivity contribution in [1.82, 2.24) is 0 Å². The molecule has 0 radical (unpaired) electrons. The Kier molecular flexibility index (Phi) is 4.53. The molecule has 2 rings (SSSR count). The van der Waals surface area contributed by atoms with Crippen molar-refractivity contribution >= 4 is 5.78 Å². The number of ketones is 1. The second kappa shape index (κ2) is 6.35. The molecule has 1 aliphatic rings. The van der Waals surface area contributed by atoms with Gasteiger partial charge in [0.2, 0.25) is 0 Å². The van der Waals surface area contributed by atoms with Crippen molar-refractivity contribution in [1.29, 1.82) is 5.26 Å². The number of hydrogen-bond donors (Lipinski definition) is 0. The Bertz CT molecular complexity index is 469. The summed E-state index contributed by atoms with van der Waals surface area (Å²) in [7, 11) is 1.59. The Labute approximate surface area is 112 Å². The largest absolute Gasteiger partial charge is 0.497 e. The molecule has 1 saturated heterocycles. The Morgan fingerprint density at radius 2 is 2.00 bits per heavy atom. The van der Waals surface area contributed by atoms with Crippen molar-refractivity contribution in [2.24, 2.45) is 5.92 Å². The summed E-state index contributed by atoms with van der Waals surface area (Å²) in [4.78, 5) is 12.4. The van der Waals surface area contributed by atoms with Crippen LogP contribution in [0, 0.1) is 17.2 Å². The second-order valence-corrected chi connectivity index (χ2v) is 4.62. The molecule has 0 N–H and O–H groups in total. The molecule has 0 spiro atoms. The number of rotatable bonds is 4. The third-order valence-corrected chi connectivity index (χ3v) is 3.49. The number of carbonyl (C=O) groups is 1. The van der Waals surface area contributed by atoms with E-state index in [2.05, 4.69) is 6.07 Å². The van der Waals surface area contributed by atoms with E-state index in [1.165, 1.54) is 0 Å². The number of nitriles is 1. The maximum absolute atomic E-state index is 12.4.